The van der Waals surface area contributed by atoms with Crippen LogP contribution in [0.5, 0.6) is 5.75 Å². The fourth-order valence-corrected chi connectivity index (χ4v) is 6.29. The minimum atomic E-state index is -4.31. The van der Waals surface area contributed by atoms with Gasteiger partial charge >= 0.3 is 0 Å². The molecule has 1 N–H and O–H groups in total. The van der Waals surface area contributed by atoms with Crippen LogP contribution in [-0.4, -0.2) is 50.9 Å². The van der Waals surface area contributed by atoms with Crippen molar-refractivity contribution in [1.82, 2.24) is 10.2 Å². The first kappa shape index (κ1) is 33.2. The Kier molecular flexibility index (Phi) is 11.3. The van der Waals surface area contributed by atoms with Crippen LogP contribution in [0.15, 0.2) is 108 Å². The molecule has 0 saturated heterocycles. The van der Waals surface area contributed by atoms with E-state index in [9.17, 15) is 22.4 Å². The Morgan fingerprint density at radius 3 is 2.09 bits per heavy atom. The van der Waals surface area contributed by atoms with Gasteiger partial charge in [-0.15, -0.1) is 0 Å². The maximum Gasteiger partial charge on any atom is 0.264 e. The fourth-order valence-electron chi connectivity index (χ4n) is 4.87. The van der Waals surface area contributed by atoms with Gasteiger partial charge in [-0.05, 0) is 80.4 Å². The second-order valence-corrected chi connectivity index (χ2v) is 12.4. The van der Waals surface area contributed by atoms with Gasteiger partial charge < -0.3 is 15.0 Å². The first-order valence-corrected chi connectivity index (χ1v) is 16.2. The molecule has 4 aromatic rings. The minimum absolute atomic E-state index is 0.0636. The summed E-state index contributed by atoms with van der Waals surface area (Å²) < 4.78 is 48.5. The molecule has 236 valence electrons. The number of carbonyl (C=O) groups is 2. The normalized spacial score (nSPS) is 11.8. The number of rotatable bonds is 14. The van der Waals surface area contributed by atoms with Gasteiger partial charge in [0.1, 0.15) is 24.2 Å². The predicted octanol–water partition coefficient (Wildman–Crippen LogP) is 5.50. The van der Waals surface area contributed by atoms with E-state index in [1.165, 1.54) is 41.3 Å². The number of anilines is 1. The molecular weight excluding hydrogens is 593 g/mol. The van der Waals surface area contributed by atoms with E-state index in [0.717, 1.165) is 33.1 Å². The lowest BCUT2D eigenvalue weighted by atomic mass is 10.0. The van der Waals surface area contributed by atoms with Crippen LogP contribution in [0.2, 0.25) is 0 Å². The average Bonchev–Trinajstić information content (AvgIpc) is 3.04. The second-order valence-electron chi connectivity index (χ2n) is 10.5. The third kappa shape index (κ3) is 8.69. The van der Waals surface area contributed by atoms with Crippen molar-refractivity contribution in [3.8, 4) is 5.75 Å². The van der Waals surface area contributed by atoms with Crippen LogP contribution in [0.3, 0.4) is 0 Å². The average molecular weight is 632 g/mol. The Balaban J connectivity index is 1.77. The van der Waals surface area contributed by atoms with Crippen molar-refractivity contribution in [1.29, 1.82) is 0 Å². The first-order valence-electron chi connectivity index (χ1n) is 14.8. The summed E-state index contributed by atoms with van der Waals surface area (Å²) in [5.74, 6) is -1.01. The van der Waals surface area contributed by atoms with E-state index in [0.29, 0.717) is 18.9 Å². The van der Waals surface area contributed by atoms with Crippen LogP contribution in [-0.2, 0) is 32.6 Å². The fraction of sp³-hybridized carbons (Fsp3) is 0.257. The maximum absolute atomic E-state index is 14.4. The van der Waals surface area contributed by atoms with Crippen LogP contribution in [0.4, 0.5) is 10.1 Å². The maximum atomic E-state index is 14.4. The zero-order valence-corrected chi connectivity index (χ0v) is 26.5. The van der Waals surface area contributed by atoms with Gasteiger partial charge in [-0.2, -0.15) is 0 Å². The highest BCUT2D eigenvalue weighted by Crippen LogP contribution is 2.27. The predicted molar refractivity (Wildman–Crippen MR) is 173 cm³/mol. The van der Waals surface area contributed by atoms with Crippen LogP contribution >= 0.6 is 0 Å². The third-order valence-corrected chi connectivity index (χ3v) is 9.00. The lowest BCUT2D eigenvalue weighted by Gasteiger charge is -2.34. The van der Waals surface area contributed by atoms with Gasteiger partial charge in [0.05, 0.1) is 17.2 Å². The number of likely N-dealkylation sites (N-methyl/N-ethyl adjacent to an activating group) is 1. The summed E-state index contributed by atoms with van der Waals surface area (Å²) in [7, 11) is -4.31. The van der Waals surface area contributed by atoms with Crippen molar-refractivity contribution in [2.45, 2.75) is 44.7 Å². The molecule has 0 aromatic heterocycles. The van der Waals surface area contributed by atoms with Crippen molar-refractivity contribution in [2.75, 3.05) is 24.0 Å². The van der Waals surface area contributed by atoms with E-state index in [-0.39, 0.29) is 29.5 Å². The van der Waals surface area contributed by atoms with Crippen molar-refractivity contribution in [2.24, 2.45) is 0 Å². The van der Waals surface area contributed by atoms with Crippen molar-refractivity contribution < 1.29 is 27.1 Å². The summed E-state index contributed by atoms with van der Waals surface area (Å²) in [6.45, 7) is 5.77. The molecular formula is C35H38FN3O5S. The molecule has 0 aliphatic rings. The van der Waals surface area contributed by atoms with Gasteiger partial charge in [0.25, 0.3) is 10.0 Å². The van der Waals surface area contributed by atoms with Crippen LogP contribution in [0.1, 0.15) is 30.5 Å². The highest BCUT2D eigenvalue weighted by atomic mass is 32.2. The van der Waals surface area contributed by atoms with Gasteiger partial charge in [0.15, 0.2) is 0 Å². The number of carbonyl (C=O) groups excluding carboxylic acids is 2. The van der Waals surface area contributed by atoms with Gasteiger partial charge in [0, 0.05) is 19.5 Å². The van der Waals surface area contributed by atoms with E-state index in [2.05, 4.69) is 5.32 Å². The Hall–Kier alpha value is -4.70. The van der Waals surface area contributed by atoms with E-state index in [1.54, 1.807) is 6.92 Å². The molecule has 0 radical (unpaired) electrons. The molecule has 0 aliphatic carbocycles. The van der Waals surface area contributed by atoms with Gasteiger partial charge in [-0.25, -0.2) is 12.8 Å². The molecule has 45 heavy (non-hydrogen) atoms. The van der Waals surface area contributed by atoms with Gasteiger partial charge in [-0.1, -0.05) is 60.2 Å². The lowest BCUT2D eigenvalue weighted by molar-refractivity contribution is -0.140. The van der Waals surface area contributed by atoms with E-state index < -0.39 is 34.3 Å². The molecule has 0 saturated carbocycles. The van der Waals surface area contributed by atoms with Crippen LogP contribution < -0.4 is 14.4 Å². The minimum Gasteiger partial charge on any atom is -0.494 e. The number of benzene rings is 4. The summed E-state index contributed by atoms with van der Waals surface area (Å²) in [6.07, 6.45) is 0.215. The summed E-state index contributed by atoms with van der Waals surface area (Å²) in [4.78, 5) is 29.3. The number of halogens is 1. The highest BCUT2D eigenvalue weighted by Gasteiger charge is 2.34. The monoisotopic (exact) mass is 631 g/mol. The number of nitrogens with zero attached hydrogens (tertiary/aromatic N) is 2. The summed E-state index contributed by atoms with van der Waals surface area (Å²) in [5.41, 5.74) is 2.75. The molecule has 4 rings (SSSR count). The highest BCUT2D eigenvalue weighted by molar-refractivity contribution is 7.92. The second kappa shape index (κ2) is 15.3. The molecule has 0 bridgehead atoms. The Labute approximate surface area is 264 Å². The molecule has 0 aliphatic heterocycles. The summed E-state index contributed by atoms with van der Waals surface area (Å²) in [5, 5.41) is 2.84. The molecule has 10 heteroatoms. The number of aryl methyl sites for hydroxylation is 1. The van der Waals surface area contributed by atoms with E-state index in [4.69, 9.17) is 4.74 Å². The largest absolute Gasteiger partial charge is 0.494 e. The summed E-state index contributed by atoms with van der Waals surface area (Å²) in [6, 6.07) is 26.7. The topological polar surface area (TPSA) is 96.0 Å². The Morgan fingerprint density at radius 1 is 0.844 bits per heavy atom. The van der Waals surface area contributed by atoms with Crippen molar-refractivity contribution >= 4 is 27.5 Å². The smallest absolute Gasteiger partial charge is 0.264 e. The molecule has 1 unspecified atom stereocenters. The van der Waals surface area contributed by atoms with Crippen molar-refractivity contribution in [3.63, 3.8) is 0 Å². The molecule has 8 nitrogen and oxygen atoms in total. The molecule has 0 spiro atoms. The standard InChI is InChI=1S/C35H38FN3O5S/c1-4-37-35(41)33(23-27-9-7-6-8-10-27)38(24-28-13-11-26(3)12-14-28)34(40)25-39(30-17-15-29(36)16-18-30)45(42,43)32-21-19-31(20-22-32)44-5-2/h6-22,33H,4-5,23-25H2,1-3H3,(H,37,41). The Bertz CT molecular complexity index is 1660. The number of hydrogen-bond acceptors (Lipinski definition) is 5. The molecule has 2 amide bonds. The SMILES string of the molecule is CCNC(=O)C(Cc1ccccc1)N(Cc1ccc(C)cc1)C(=O)CN(c1ccc(F)cc1)S(=O)(=O)c1ccc(OCC)cc1. The van der Waals surface area contributed by atoms with Crippen molar-refractivity contribution in [3.05, 3.63) is 126 Å². The van der Waals surface area contributed by atoms with Crippen LogP contribution in [0.25, 0.3) is 0 Å². The molecule has 0 heterocycles. The van der Waals surface area contributed by atoms with E-state index in [1.807, 2.05) is 68.4 Å². The quantitative estimate of drug-likeness (QED) is 0.198. The third-order valence-electron chi connectivity index (χ3n) is 7.21. The van der Waals surface area contributed by atoms with E-state index >= 15 is 0 Å². The van der Waals surface area contributed by atoms with Crippen LogP contribution in [0, 0.1) is 12.7 Å². The first-order chi connectivity index (χ1) is 21.6. The number of amides is 2. The summed E-state index contributed by atoms with van der Waals surface area (Å²) >= 11 is 0. The number of ether oxygens (including phenoxy) is 1. The number of hydrogen-bond donors (Lipinski definition) is 1. The Morgan fingerprint density at radius 2 is 1.49 bits per heavy atom. The lowest BCUT2D eigenvalue weighted by Crippen LogP contribution is -2.53. The number of sulfonamides is 1. The molecule has 1 atom stereocenters. The zero-order valence-electron chi connectivity index (χ0n) is 25.6. The van der Waals surface area contributed by atoms with Gasteiger partial charge in [0.2, 0.25) is 11.8 Å². The molecule has 0 fully saturated rings. The van der Waals surface area contributed by atoms with Gasteiger partial charge in [-0.3, -0.25) is 13.9 Å². The number of nitrogens with one attached hydrogen (secondary N) is 1. The zero-order chi connectivity index (χ0) is 32.4. The molecule has 4 aromatic carbocycles.